The van der Waals surface area contributed by atoms with Gasteiger partial charge in [-0.25, -0.2) is 0 Å². The second kappa shape index (κ2) is 12.7. The Morgan fingerprint density at radius 2 is 1.83 bits per heavy atom. The number of nitrogens with one attached hydrogen (secondary N) is 1. The van der Waals surface area contributed by atoms with Crippen LogP contribution in [0, 0.1) is 0 Å². The van der Waals surface area contributed by atoms with Gasteiger partial charge < -0.3 is 19.5 Å². The highest BCUT2D eigenvalue weighted by atomic mass is 32.2. The van der Waals surface area contributed by atoms with Crippen molar-refractivity contribution in [1.82, 2.24) is 19.7 Å². The number of benzene rings is 1. The highest BCUT2D eigenvalue weighted by Gasteiger charge is 2.29. The molecule has 2 fully saturated rings. The predicted molar refractivity (Wildman–Crippen MR) is 142 cm³/mol. The van der Waals surface area contributed by atoms with Crippen LogP contribution in [0.1, 0.15) is 89.9 Å². The second-order valence-corrected chi connectivity index (χ2v) is 11.1. The maximum absolute atomic E-state index is 13.3. The van der Waals surface area contributed by atoms with Crippen LogP contribution in [0.15, 0.2) is 29.4 Å². The molecule has 1 N–H and O–H groups in total. The first-order valence-electron chi connectivity index (χ1n) is 13.3. The standard InChI is InChI=1S/C27H41N5O2S/c1-20(2)31(22-12-6-4-7-13-22)26(33)19-35-27-30-29-25(32(27)23-14-8-5-9-15-23)18-28-21-11-10-16-24(17-21)34-3/h10-11,16-17,20,22-23,28H,4-9,12-15,18-19H2,1-3H3. The molecule has 2 aromatic rings. The van der Waals surface area contributed by atoms with Gasteiger partial charge in [-0.15, -0.1) is 10.2 Å². The molecular weight excluding hydrogens is 458 g/mol. The number of carbonyl (C=O) groups is 1. The summed E-state index contributed by atoms with van der Waals surface area (Å²) >= 11 is 1.56. The fraction of sp³-hybridized carbons (Fsp3) is 0.667. The summed E-state index contributed by atoms with van der Waals surface area (Å²) in [6.07, 6.45) is 12.1. The van der Waals surface area contributed by atoms with Crippen molar-refractivity contribution in [1.29, 1.82) is 0 Å². The third-order valence-electron chi connectivity index (χ3n) is 7.33. The number of ether oxygens (including phenoxy) is 1. The molecular formula is C27H41N5O2S. The number of methoxy groups -OCH3 is 1. The van der Waals surface area contributed by atoms with Gasteiger partial charge in [0.05, 0.1) is 19.4 Å². The van der Waals surface area contributed by atoms with E-state index in [2.05, 4.69) is 38.8 Å². The van der Waals surface area contributed by atoms with Crippen LogP contribution in [0.5, 0.6) is 5.75 Å². The molecule has 0 atom stereocenters. The van der Waals surface area contributed by atoms with Crippen molar-refractivity contribution in [2.45, 2.75) is 108 Å². The van der Waals surface area contributed by atoms with Crippen molar-refractivity contribution < 1.29 is 9.53 Å². The monoisotopic (exact) mass is 499 g/mol. The Labute approximate surface area is 214 Å². The minimum Gasteiger partial charge on any atom is -0.497 e. The van der Waals surface area contributed by atoms with Gasteiger partial charge in [-0.1, -0.05) is 56.4 Å². The van der Waals surface area contributed by atoms with Gasteiger partial charge >= 0.3 is 0 Å². The minimum absolute atomic E-state index is 0.227. The van der Waals surface area contributed by atoms with Crippen LogP contribution in [0.25, 0.3) is 0 Å². The zero-order valence-corrected chi connectivity index (χ0v) is 22.4. The van der Waals surface area contributed by atoms with Gasteiger partial charge in [0.25, 0.3) is 0 Å². The first-order chi connectivity index (χ1) is 17.1. The second-order valence-electron chi connectivity index (χ2n) is 10.1. The van der Waals surface area contributed by atoms with Gasteiger partial charge in [0.2, 0.25) is 5.91 Å². The van der Waals surface area contributed by atoms with Gasteiger partial charge in [-0.05, 0) is 51.7 Å². The summed E-state index contributed by atoms with van der Waals surface area (Å²) in [6.45, 7) is 4.87. The molecule has 0 aliphatic heterocycles. The van der Waals surface area contributed by atoms with Gasteiger partial charge in [-0.3, -0.25) is 4.79 Å². The Morgan fingerprint density at radius 1 is 1.11 bits per heavy atom. The topological polar surface area (TPSA) is 72.3 Å². The lowest BCUT2D eigenvalue weighted by Gasteiger charge is -2.37. The van der Waals surface area contributed by atoms with E-state index in [4.69, 9.17) is 4.74 Å². The Hall–Kier alpha value is -2.22. The molecule has 2 aliphatic rings. The number of thioether (sulfide) groups is 1. The number of anilines is 1. The van der Waals surface area contributed by atoms with Gasteiger partial charge in [-0.2, -0.15) is 0 Å². The number of carbonyl (C=O) groups excluding carboxylic acids is 1. The van der Waals surface area contributed by atoms with Crippen molar-refractivity contribution in [2.75, 3.05) is 18.2 Å². The molecule has 0 unspecified atom stereocenters. The summed E-state index contributed by atoms with van der Waals surface area (Å²) in [6, 6.07) is 8.95. The zero-order valence-electron chi connectivity index (χ0n) is 21.5. The molecule has 0 saturated heterocycles. The molecule has 0 spiro atoms. The van der Waals surface area contributed by atoms with Crippen LogP contribution >= 0.6 is 11.8 Å². The Morgan fingerprint density at radius 3 is 2.51 bits per heavy atom. The van der Waals surface area contributed by atoms with Gasteiger partial charge in [0.15, 0.2) is 11.0 Å². The highest BCUT2D eigenvalue weighted by Crippen LogP contribution is 2.33. The van der Waals surface area contributed by atoms with Crippen LogP contribution in [-0.4, -0.2) is 50.5 Å². The van der Waals surface area contributed by atoms with Crippen LogP contribution in [0.3, 0.4) is 0 Å². The molecule has 7 nitrogen and oxygen atoms in total. The van der Waals surface area contributed by atoms with E-state index >= 15 is 0 Å². The lowest BCUT2D eigenvalue weighted by atomic mass is 9.93. The third-order valence-corrected chi connectivity index (χ3v) is 8.26. The van der Waals surface area contributed by atoms with Crippen LogP contribution in [-0.2, 0) is 11.3 Å². The van der Waals surface area contributed by atoms with Crippen molar-refractivity contribution in [3.8, 4) is 5.75 Å². The van der Waals surface area contributed by atoms with Gasteiger partial charge in [0, 0.05) is 29.9 Å². The molecule has 1 aromatic carbocycles. The van der Waals surface area contributed by atoms with Crippen molar-refractivity contribution in [3.05, 3.63) is 30.1 Å². The van der Waals surface area contributed by atoms with Crippen molar-refractivity contribution in [3.63, 3.8) is 0 Å². The maximum atomic E-state index is 13.3. The minimum atomic E-state index is 0.227. The van der Waals surface area contributed by atoms with Crippen molar-refractivity contribution >= 4 is 23.4 Å². The number of amides is 1. The van der Waals surface area contributed by atoms with Crippen LogP contribution in [0.4, 0.5) is 5.69 Å². The summed E-state index contributed by atoms with van der Waals surface area (Å²) in [4.78, 5) is 15.5. The number of hydrogen-bond acceptors (Lipinski definition) is 6. The normalized spacial score (nSPS) is 17.5. The van der Waals surface area contributed by atoms with Crippen LogP contribution < -0.4 is 10.1 Å². The average Bonchev–Trinajstić information content (AvgIpc) is 3.30. The number of nitrogens with zero attached hydrogens (tertiary/aromatic N) is 4. The summed E-state index contributed by atoms with van der Waals surface area (Å²) in [7, 11) is 1.68. The average molecular weight is 500 g/mol. The Balaban J connectivity index is 1.47. The largest absolute Gasteiger partial charge is 0.497 e. The summed E-state index contributed by atoms with van der Waals surface area (Å²) in [5.41, 5.74) is 0.993. The lowest BCUT2D eigenvalue weighted by Crippen LogP contribution is -2.46. The Bertz CT molecular complexity index is 951. The Kier molecular flexibility index (Phi) is 9.35. The first kappa shape index (κ1) is 25.9. The van der Waals surface area contributed by atoms with E-state index in [1.54, 1.807) is 18.9 Å². The molecule has 1 aromatic heterocycles. The zero-order chi connectivity index (χ0) is 24.6. The molecule has 8 heteroatoms. The van der Waals surface area contributed by atoms with E-state index < -0.39 is 0 Å². The van der Waals surface area contributed by atoms with E-state index in [0.717, 1.165) is 48.1 Å². The van der Waals surface area contributed by atoms with Gasteiger partial charge in [0.1, 0.15) is 5.75 Å². The van der Waals surface area contributed by atoms with E-state index in [1.807, 2.05) is 24.3 Å². The molecule has 4 rings (SSSR count). The quantitative estimate of drug-likeness (QED) is 0.400. The molecule has 1 heterocycles. The summed E-state index contributed by atoms with van der Waals surface area (Å²) in [5, 5.41) is 13.5. The smallest absolute Gasteiger partial charge is 0.233 e. The SMILES string of the molecule is COc1cccc(NCc2nnc(SCC(=O)N(C(C)C)C3CCCCC3)n2C2CCCCC2)c1. The number of aromatic nitrogens is 3. The molecule has 2 aliphatic carbocycles. The predicted octanol–water partition coefficient (Wildman–Crippen LogP) is 6.07. The molecule has 0 radical (unpaired) electrons. The summed E-state index contributed by atoms with van der Waals surface area (Å²) in [5.74, 6) is 2.41. The molecule has 1 amide bonds. The first-order valence-corrected chi connectivity index (χ1v) is 14.3. The lowest BCUT2D eigenvalue weighted by molar-refractivity contribution is -0.133. The third kappa shape index (κ3) is 6.72. The van der Waals surface area contributed by atoms with E-state index in [-0.39, 0.29) is 11.9 Å². The van der Waals surface area contributed by atoms with E-state index in [0.29, 0.717) is 24.4 Å². The fourth-order valence-electron chi connectivity index (χ4n) is 5.62. The van der Waals surface area contributed by atoms with Crippen molar-refractivity contribution in [2.24, 2.45) is 0 Å². The van der Waals surface area contributed by atoms with E-state index in [9.17, 15) is 4.79 Å². The van der Waals surface area contributed by atoms with Crippen LogP contribution in [0.2, 0.25) is 0 Å². The highest BCUT2D eigenvalue weighted by molar-refractivity contribution is 7.99. The van der Waals surface area contributed by atoms with E-state index in [1.165, 1.54) is 38.5 Å². The maximum Gasteiger partial charge on any atom is 0.233 e. The fourth-order valence-corrected chi connectivity index (χ4v) is 6.51. The number of hydrogen-bond donors (Lipinski definition) is 1. The molecule has 35 heavy (non-hydrogen) atoms. The molecule has 0 bridgehead atoms. The molecule has 192 valence electrons. The molecule has 2 saturated carbocycles. The summed E-state index contributed by atoms with van der Waals surface area (Å²) < 4.78 is 7.66. The number of rotatable bonds is 10.